The lowest BCUT2D eigenvalue weighted by Gasteiger charge is -2.09. The van der Waals surface area contributed by atoms with Gasteiger partial charge in [-0.15, -0.1) is 0 Å². The van der Waals surface area contributed by atoms with Gasteiger partial charge in [-0.3, -0.25) is 4.99 Å². The van der Waals surface area contributed by atoms with E-state index in [2.05, 4.69) is 44.1 Å². The minimum absolute atomic E-state index is 0.144. The number of aromatic nitrogens is 4. The SMILES string of the molecule is Oc1cc2[nH]c3ccccc3c2cc1N=CCc1ccc(-c2nc(-c3ccccc3)nc(-c3cccc(Br)c3)n2)cc1. The normalized spacial score (nSPS) is 11.5. The van der Waals surface area contributed by atoms with Crippen LogP contribution in [0.25, 0.3) is 56.0 Å². The Hall–Kier alpha value is -5.14. The first-order valence-corrected chi connectivity index (χ1v) is 14.3. The summed E-state index contributed by atoms with van der Waals surface area (Å²) >= 11 is 3.55. The van der Waals surface area contributed by atoms with E-state index in [0.717, 1.165) is 48.5 Å². The third-order valence-electron chi connectivity index (χ3n) is 7.12. The van der Waals surface area contributed by atoms with Crippen molar-refractivity contribution in [2.75, 3.05) is 0 Å². The number of phenolic OH excluding ortho intramolecular Hbond substituents is 1. The van der Waals surface area contributed by atoms with Gasteiger partial charge in [0, 0.05) is 56.2 Å². The van der Waals surface area contributed by atoms with Crippen molar-refractivity contribution < 1.29 is 5.11 Å². The van der Waals surface area contributed by atoms with Crippen LogP contribution < -0.4 is 0 Å². The fraction of sp³-hybridized carbons (Fsp3) is 0.0286. The van der Waals surface area contributed by atoms with Gasteiger partial charge in [0.1, 0.15) is 11.4 Å². The van der Waals surface area contributed by atoms with Crippen molar-refractivity contribution in [2.45, 2.75) is 6.42 Å². The molecule has 5 aromatic carbocycles. The van der Waals surface area contributed by atoms with E-state index < -0.39 is 0 Å². The lowest BCUT2D eigenvalue weighted by molar-refractivity contribution is 0.477. The van der Waals surface area contributed by atoms with E-state index in [4.69, 9.17) is 15.0 Å². The van der Waals surface area contributed by atoms with E-state index in [-0.39, 0.29) is 5.75 Å². The molecule has 0 amide bonds. The van der Waals surface area contributed by atoms with Gasteiger partial charge in [0.05, 0.1) is 5.52 Å². The maximum absolute atomic E-state index is 10.6. The molecule has 0 bridgehead atoms. The van der Waals surface area contributed by atoms with Crippen LogP contribution in [0.4, 0.5) is 5.69 Å². The Balaban J connectivity index is 1.16. The van der Waals surface area contributed by atoms with Gasteiger partial charge in [-0.1, -0.05) is 101 Å². The highest BCUT2D eigenvalue weighted by Gasteiger charge is 2.13. The Morgan fingerprint density at radius 2 is 1.31 bits per heavy atom. The zero-order chi connectivity index (χ0) is 28.5. The maximum atomic E-state index is 10.6. The van der Waals surface area contributed by atoms with Gasteiger partial charge in [-0.05, 0) is 29.8 Å². The molecule has 0 radical (unpaired) electrons. The molecule has 0 aliphatic rings. The van der Waals surface area contributed by atoms with Crippen molar-refractivity contribution in [1.82, 2.24) is 19.9 Å². The van der Waals surface area contributed by atoms with Crippen LogP contribution >= 0.6 is 15.9 Å². The average Bonchev–Trinajstić information content (AvgIpc) is 3.39. The molecule has 2 heterocycles. The van der Waals surface area contributed by atoms with E-state index >= 15 is 0 Å². The Kier molecular flexibility index (Phi) is 6.78. The second-order valence-electron chi connectivity index (χ2n) is 9.95. The molecule has 0 unspecified atom stereocenters. The summed E-state index contributed by atoms with van der Waals surface area (Å²) in [6, 6.07) is 37.8. The topological polar surface area (TPSA) is 87.0 Å². The maximum Gasteiger partial charge on any atom is 0.164 e. The first-order valence-electron chi connectivity index (χ1n) is 13.5. The number of hydrogen-bond acceptors (Lipinski definition) is 5. The molecule has 0 aliphatic carbocycles. The van der Waals surface area contributed by atoms with Gasteiger partial charge >= 0.3 is 0 Å². The molecule has 2 N–H and O–H groups in total. The predicted octanol–water partition coefficient (Wildman–Crippen LogP) is 8.92. The highest BCUT2D eigenvalue weighted by molar-refractivity contribution is 9.10. The summed E-state index contributed by atoms with van der Waals surface area (Å²) in [7, 11) is 0. The third kappa shape index (κ3) is 5.18. The van der Waals surface area contributed by atoms with Crippen LogP contribution in [0.3, 0.4) is 0 Å². The minimum atomic E-state index is 0.144. The molecule has 202 valence electrons. The highest BCUT2D eigenvalue weighted by atomic mass is 79.9. The summed E-state index contributed by atoms with van der Waals surface area (Å²) in [6.07, 6.45) is 2.44. The lowest BCUT2D eigenvalue weighted by atomic mass is 10.1. The number of phenols is 1. The molecule has 6 nitrogen and oxygen atoms in total. The Bertz CT molecular complexity index is 2090. The largest absolute Gasteiger partial charge is 0.506 e. The molecule has 7 aromatic rings. The fourth-order valence-electron chi connectivity index (χ4n) is 5.00. The van der Waals surface area contributed by atoms with Gasteiger partial charge in [0.25, 0.3) is 0 Å². The second kappa shape index (κ2) is 11.0. The van der Waals surface area contributed by atoms with Crippen molar-refractivity contribution in [1.29, 1.82) is 0 Å². The van der Waals surface area contributed by atoms with E-state index in [1.165, 1.54) is 0 Å². The molecular formula is C35H24BrN5O. The Morgan fingerprint density at radius 1 is 0.643 bits per heavy atom. The summed E-state index contributed by atoms with van der Waals surface area (Å²) in [6.45, 7) is 0. The van der Waals surface area contributed by atoms with Crippen molar-refractivity contribution in [3.05, 3.63) is 125 Å². The number of aromatic amines is 1. The number of aromatic hydroxyl groups is 1. The summed E-state index contributed by atoms with van der Waals surface area (Å²) < 4.78 is 0.962. The van der Waals surface area contributed by atoms with Crippen LogP contribution in [0.1, 0.15) is 5.56 Å². The molecule has 7 heteroatoms. The minimum Gasteiger partial charge on any atom is -0.506 e. The number of benzene rings is 5. The quantitative estimate of drug-likeness (QED) is 0.184. The van der Waals surface area contributed by atoms with Crippen molar-refractivity contribution in [3.63, 3.8) is 0 Å². The lowest BCUT2D eigenvalue weighted by Crippen LogP contribution is -2.00. The zero-order valence-corrected chi connectivity index (χ0v) is 24.0. The van der Waals surface area contributed by atoms with E-state index in [0.29, 0.717) is 29.6 Å². The Labute approximate surface area is 250 Å². The summed E-state index contributed by atoms with van der Waals surface area (Å²) in [5.41, 5.74) is 6.29. The number of rotatable bonds is 6. The van der Waals surface area contributed by atoms with Gasteiger partial charge < -0.3 is 10.1 Å². The monoisotopic (exact) mass is 609 g/mol. The van der Waals surface area contributed by atoms with Crippen molar-refractivity contribution in [2.24, 2.45) is 4.99 Å². The van der Waals surface area contributed by atoms with E-state index in [1.807, 2.05) is 97.2 Å². The molecule has 0 aliphatic heterocycles. The summed E-state index contributed by atoms with van der Waals surface area (Å²) in [5, 5.41) is 12.7. The van der Waals surface area contributed by atoms with Gasteiger partial charge in [0.15, 0.2) is 17.5 Å². The highest BCUT2D eigenvalue weighted by Crippen LogP contribution is 2.35. The number of para-hydroxylation sites is 1. The zero-order valence-electron chi connectivity index (χ0n) is 22.4. The Morgan fingerprint density at radius 3 is 2.07 bits per heavy atom. The van der Waals surface area contributed by atoms with E-state index in [1.54, 1.807) is 6.07 Å². The molecule has 0 fully saturated rings. The van der Waals surface area contributed by atoms with Crippen LogP contribution in [0.2, 0.25) is 0 Å². The van der Waals surface area contributed by atoms with Gasteiger partial charge in [-0.2, -0.15) is 0 Å². The summed E-state index contributed by atoms with van der Waals surface area (Å²) in [5.74, 6) is 1.99. The van der Waals surface area contributed by atoms with Crippen molar-refractivity contribution >= 4 is 49.6 Å². The molecule has 0 saturated heterocycles. The summed E-state index contributed by atoms with van der Waals surface area (Å²) in [4.78, 5) is 22.4. The molecule has 2 aromatic heterocycles. The standard InChI is InChI=1S/C35H24BrN5O/c36-26-10-6-9-25(19-26)35-40-33(23-7-2-1-3-8-23)39-34(41-35)24-15-13-22(14-16-24)17-18-37-31-20-28-27-11-4-5-12-29(27)38-30(28)21-32(31)42/h1-16,18-21,38,42H,17H2. The second-order valence-corrected chi connectivity index (χ2v) is 10.9. The molecule has 42 heavy (non-hydrogen) atoms. The average molecular weight is 611 g/mol. The molecule has 0 spiro atoms. The van der Waals surface area contributed by atoms with Crippen LogP contribution in [0.15, 0.2) is 125 Å². The molecule has 0 atom stereocenters. The molecule has 7 rings (SSSR count). The number of halogens is 1. The van der Waals surface area contributed by atoms with E-state index in [9.17, 15) is 5.11 Å². The first-order chi connectivity index (χ1) is 20.6. The van der Waals surface area contributed by atoms with Gasteiger partial charge in [0.2, 0.25) is 0 Å². The van der Waals surface area contributed by atoms with Crippen molar-refractivity contribution in [3.8, 4) is 39.9 Å². The fourth-order valence-corrected chi connectivity index (χ4v) is 5.40. The third-order valence-corrected chi connectivity index (χ3v) is 7.61. The number of H-pyrrole nitrogens is 1. The van der Waals surface area contributed by atoms with Crippen LogP contribution in [-0.2, 0) is 6.42 Å². The number of nitrogens with one attached hydrogen (secondary N) is 1. The molecule has 0 saturated carbocycles. The number of fused-ring (bicyclic) bond motifs is 3. The number of aliphatic imine (C=N–C) groups is 1. The number of hydrogen-bond donors (Lipinski definition) is 2. The first kappa shape index (κ1) is 25.8. The van der Waals surface area contributed by atoms with Crippen LogP contribution in [0.5, 0.6) is 5.75 Å². The predicted molar refractivity (Wildman–Crippen MR) is 173 cm³/mol. The van der Waals surface area contributed by atoms with Crippen LogP contribution in [-0.4, -0.2) is 31.3 Å². The van der Waals surface area contributed by atoms with Crippen LogP contribution in [0, 0.1) is 0 Å². The molecular weight excluding hydrogens is 586 g/mol. The van der Waals surface area contributed by atoms with Gasteiger partial charge in [-0.25, -0.2) is 15.0 Å². The smallest absolute Gasteiger partial charge is 0.164 e. The number of nitrogens with zero attached hydrogens (tertiary/aromatic N) is 4.